The number of nitrogens with one attached hydrogen (secondary N) is 2. The Balaban J connectivity index is 2.20. The summed E-state index contributed by atoms with van der Waals surface area (Å²) in [5.74, 6) is 0.263. The Morgan fingerprint density at radius 2 is 2.44 bits per heavy atom. The number of pyridine rings is 1. The first-order valence-electron chi connectivity index (χ1n) is 5.42. The Bertz CT molecular complexity index is 457. The predicted molar refractivity (Wildman–Crippen MR) is 69.7 cm³/mol. The molecule has 1 fully saturated rings. The summed E-state index contributed by atoms with van der Waals surface area (Å²) in [5, 5.41) is 17.2. The summed E-state index contributed by atoms with van der Waals surface area (Å²) in [7, 11) is 1.62. The molecule has 2 heterocycles. The highest BCUT2D eigenvalue weighted by atomic mass is 79.9. The van der Waals surface area contributed by atoms with Crippen molar-refractivity contribution in [1.29, 1.82) is 0 Å². The number of anilines is 1. The molecule has 1 aromatic rings. The molecule has 0 spiro atoms. The number of nitrogens with zero attached hydrogens (tertiary/aromatic N) is 2. The van der Waals surface area contributed by atoms with Crippen LogP contribution in [0.15, 0.2) is 16.7 Å². The zero-order chi connectivity index (χ0) is 13.1. The van der Waals surface area contributed by atoms with Gasteiger partial charge in [-0.2, -0.15) is 0 Å². The van der Waals surface area contributed by atoms with Crippen molar-refractivity contribution in [3.8, 4) is 0 Å². The van der Waals surface area contributed by atoms with Crippen molar-refractivity contribution in [3.05, 3.63) is 26.9 Å². The normalized spacial score (nSPS) is 23.0. The predicted octanol–water partition coefficient (Wildman–Crippen LogP) is 1.15. The molecular formula is C10H13BrN4O3. The summed E-state index contributed by atoms with van der Waals surface area (Å²) in [4.78, 5) is 14.6. The van der Waals surface area contributed by atoms with Crippen LogP contribution >= 0.6 is 15.9 Å². The molecule has 0 radical (unpaired) electrons. The van der Waals surface area contributed by atoms with Gasteiger partial charge in [0, 0.05) is 36.9 Å². The standard InChI is InChI=1S/C10H13BrN4O3/c1-18-9-5-12-4-7(9)14-10-8(15(16)17)2-6(11)3-13-10/h2-3,7,9,12H,4-5H2,1H3,(H,13,14)/t7?,9-/m0/s1. The van der Waals surface area contributed by atoms with Crippen LogP contribution in [0.2, 0.25) is 0 Å². The van der Waals surface area contributed by atoms with Gasteiger partial charge in [-0.1, -0.05) is 0 Å². The van der Waals surface area contributed by atoms with E-state index in [1.165, 1.54) is 12.3 Å². The monoisotopic (exact) mass is 316 g/mol. The van der Waals surface area contributed by atoms with Crippen molar-refractivity contribution in [2.24, 2.45) is 0 Å². The van der Waals surface area contributed by atoms with Crippen molar-refractivity contribution in [2.75, 3.05) is 25.5 Å². The molecule has 0 amide bonds. The molecule has 0 aliphatic carbocycles. The van der Waals surface area contributed by atoms with Gasteiger partial charge in [-0.25, -0.2) is 4.98 Å². The molecule has 0 aromatic carbocycles. The maximum atomic E-state index is 11.0. The third-order valence-electron chi connectivity index (χ3n) is 2.81. The number of hydrogen-bond donors (Lipinski definition) is 2. The van der Waals surface area contributed by atoms with Crippen molar-refractivity contribution in [2.45, 2.75) is 12.1 Å². The average molecular weight is 317 g/mol. The SMILES string of the molecule is CO[C@H]1CNCC1Nc1ncc(Br)cc1[N+](=O)[O-]. The van der Waals surface area contributed by atoms with Gasteiger partial charge in [0.2, 0.25) is 5.82 Å². The van der Waals surface area contributed by atoms with E-state index in [0.717, 1.165) is 6.54 Å². The average Bonchev–Trinajstić information content (AvgIpc) is 2.78. The van der Waals surface area contributed by atoms with E-state index < -0.39 is 4.92 Å². The quantitative estimate of drug-likeness (QED) is 0.640. The van der Waals surface area contributed by atoms with Crippen LogP contribution in [0, 0.1) is 10.1 Å². The van der Waals surface area contributed by atoms with Crippen LogP contribution in [-0.4, -0.2) is 42.3 Å². The van der Waals surface area contributed by atoms with Gasteiger partial charge in [0.25, 0.3) is 0 Å². The van der Waals surface area contributed by atoms with E-state index in [1.807, 2.05) is 0 Å². The molecule has 1 unspecified atom stereocenters. The Morgan fingerprint density at radius 3 is 3.11 bits per heavy atom. The zero-order valence-corrected chi connectivity index (χ0v) is 11.3. The van der Waals surface area contributed by atoms with Crippen LogP contribution < -0.4 is 10.6 Å². The molecule has 7 nitrogen and oxygen atoms in total. The van der Waals surface area contributed by atoms with Crippen LogP contribution in [-0.2, 0) is 4.74 Å². The summed E-state index contributed by atoms with van der Waals surface area (Å²) in [6.07, 6.45) is 1.51. The molecule has 98 valence electrons. The second-order valence-electron chi connectivity index (χ2n) is 3.96. The minimum atomic E-state index is -0.454. The van der Waals surface area contributed by atoms with Gasteiger partial charge in [0.1, 0.15) is 0 Å². The van der Waals surface area contributed by atoms with Gasteiger partial charge < -0.3 is 15.4 Å². The minimum absolute atomic E-state index is 0.0185. The second kappa shape index (κ2) is 5.59. The van der Waals surface area contributed by atoms with Crippen LogP contribution in [0.4, 0.5) is 11.5 Å². The summed E-state index contributed by atoms with van der Waals surface area (Å²) in [5.41, 5.74) is -0.0499. The summed E-state index contributed by atoms with van der Waals surface area (Å²) in [6.45, 7) is 1.41. The van der Waals surface area contributed by atoms with E-state index in [4.69, 9.17) is 4.74 Å². The molecular weight excluding hydrogens is 304 g/mol. The first kappa shape index (κ1) is 13.2. The fourth-order valence-electron chi connectivity index (χ4n) is 1.90. The molecule has 18 heavy (non-hydrogen) atoms. The van der Waals surface area contributed by atoms with Gasteiger partial charge in [-0.05, 0) is 15.9 Å². The highest BCUT2D eigenvalue weighted by Gasteiger charge is 2.29. The van der Waals surface area contributed by atoms with E-state index in [0.29, 0.717) is 11.0 Å². The summed E-state index contributed by atoms with van der Waals surface area (Å²) < 4.78 is 5.86. The number of rotatable bonds is 4. The number of hydrogen-bond acceptors (Lipinski definition) is 6. The lowest BCUT2D eigenvalue weighted by Gasteiger charge is -2.18. The Morgan fingerprint density at radius 1 is 1.67 bits per heavy atom. The summed E-state index contributed by atoms with van der Waals surface area (Å²) >= 11 is 3.17. The third kappa shape index (κ3) is 2.77. The van der Waals surface area contributed by atoms with Crippen molar-refractivity contribution in [3.63, 3.8) is 0 Å². The fourth-order valence-corrected chi connectivity index (χ4v) is 2.22. The molecule has 1 aliphatic heterocycles. The van der Waals surface area contributed by atoms with Crippen molar-refractivity contribution in [1.82, 2.24) is 10.3 Å². The Labute approximate surface area is 112 Å². The molecule has 1 aromatic heterocycles. The van der Waals surface area contributed by atoms with E-state index in [1.54, 1.807) is 7.11 Å². The van der Waals surface area contributed by atoms with Crippen molar-refractivity contribution < 1.29 is 9.66 Å². The maximum absolute atomic E-state index is 11.0. The lowest BCUT2D eigenvalue weighted by atomic mass is 10.2. The maximum Gasteiger partial charge on any atom is 0.312 e. The van der Waals surface area contributed by atoms with Crippen LogP contribution in [0.5, 0.6) is 0 Å². The Hall–Kier alpha value is -1.25. The van der Waals surface area contributed by atoms with Crippen LogP contribution in [0.3, 0.4) is 0 Å². The minimum Gasteiger partial charge on any atom is -0.378 e. The number of aromatic nitrogens is 1. The van der Waals surface area contributed by atoms with Crippen LogP contribution in [0.25, 0.3) is 0 Å². The highest BCUT2D eigenvalue weighted by Crippen LogP contribution is 2.26. The number of nitro groups is 1. The zero-order valence-electron chi connectivity index (χ0n) is 9.72. The topological polar surface area (TPSA) is 89.3 Å². The van der Waals surface area contributed by atoms with E-state index in [2.05, 4.69) is 31.5 Å². The lowest BCUT2D eigenvalue weighted by molar-refractivity contribution is -0.384. The first-order chi connectivity index (χ1) is 8.61. The third-order valence-corrected chi connectivity index (χ3v) is 3.25. The largest absolute Gasteiger partial charge is 0.378 e. The lowest BCUT2D eigenvalue weighted by Crippen LogP contribution is -2.34. The van der Waals surface area contributed by atoms with E-state index in [-0.39, 0.29) is 23.7 Å². The van der Waals surface area contributed by atoms with E-state index >= 15 is 0 Å². The second-order valence-corrected chi connectivity index (χ2v) is 4.88. The molecule has 1 aliphatic rings. The molecule has 2 atom stereocenters. The summed E-state index contributed by atoms with van der Waals surface area (Å²) in [6, 6.07) is 1.40. The molecule has 1 saturated heterocycles. The number of ether oxygens (including phenoxy) is 1. The van der Waals surface area contributed by atoms with E-state index in [9.17, 15) is 10.1 Å². The highest BCUT2D eigenvalue weighted by molar-refractivity contribution is 9.10. The molecule has 0 bridgehead atoms. The molecule has 2 rings (SSSR count). The first-order valence-corrected chi connectivity index (χ1v) is 6.21. The van der Waals surface area contributed by atoms with Crippen molar-refractivity contribution >= 4 is 27.4 Å². The van der Waals surface area contributed by atoms with Gasteiger partial charge in [0.05, 0.1) is 17.1 Å². The molecule has 0 saturated carbocycles. The van der Waals surface area contributed by atoms with Gasteiger partial charge in [0.15, 0.2) is 0 Å². The number of halogens is 1. The van der Waals surface area contributed by atoms with Gasteiger partial charge in [-0.15, -0.1) is 0 Å². The molecule has 8 heteroatoms. The van der Waals surface area contributed by atoms with Gasteiger partial charge >= 0.3 is 5.69 Å². The smallest absolute Gasteiger partial charge is 0.312 e. The molecule has 2 N–H and O–H groups in total. The number of methoxy groups -OCH3 is 1. The van der Waals surface area contributed by atoms with Crippen LogP contribution in [0.1, 0.15) is 0 Å². The van der Waals surface area contributed by atoms with Gasteiger partial charge in [-0.3, -0.25) is 10.1 Å². The Kier molecular flexibility index (Phi) is 4.10. The fraction of sp³-hybridized carbons (Fsp3) is 0.500.